The van der Waals surface area contributed by atoms with Crippen LogP contribution in [0.3, 0.4) is 0 Å². The van der Waals surface area contributed by atoms with Gasteiger partial charge in [0, 0.05) is 17.8 Å². The molecule has 7 nitrogen and oxygen atoms in total. The number of anilines is 3. The largest absolute Gasteiger partial charge is 0.330 e. The molecule has 29 heavy (non-hydrogen) atoms. The van der Waals surface area contributed by atoms with Crippen LogP contribution >= 0.6 is 23.1 Å². The summed E-state index contributed by atoms with van der Waals surface area (Å²) in [6.45, 7) is 10.1. The minimum Gasteiger partial charge on any atom is -0.330 e. The second-order valence-corrected chi connectivity index (χ2v) is 9.53. The average Bonchev–Trinajstić information content (AvgIpc) is 3.32. The zero-order chi connectivity index (χ0) is 21.0. The minimum atomic E-state index is -0.309. The van der Waals surface area contributed by atoms with E-state index >= 15 is 0 Å². The normalized spacial score (nSPS) is 12.2. The summed E-state index contributed by atoms with van der Waals surface area (Å²) in [4.78, 5) is 12.6. The molecule has 2 N–H and O–H groups in total. The number of amides is 1. The Hall–Kier alpha value is -2.39. The SMILES string of the molecule is CCc1cccc(C)c1Nc1nnc(SC(C)C(=O)Nc2ccnn2C(C)C)s1. The maximum Gasteiger partial charge on any atom is 0.238 e. The van der Waals surface area contributed by atoms with Crippen LogP contribution < -0.4 is 10.6 Å². The van der Waals surface area contributed by atoms with Gasteiger partial charge in [-0.25, -0.2) is 4.68 Å². The summed E-state index contributed by atoms with van der Waals surface area (Å²) < 4.78 is 2.54. The van der Waals surface area contributed by atoms with Gasteiger partial charge in [-0.2, -0.15) is 5.10 Å². The zero-order valence-electron chi connectivity index (χ0n) is 17.3. The number of nitrogens with one attached hydrogen (secondary N) is 2. The molecule has 0 aliphatic heterocycles. The maximum absolute atomic E-state index is 12.6. The average molecular weight is 431 g/mol. The van der Waals surface area contributed by atoms with E-state index in [1.807, 2.05) is 20.8 Å². The van der Waals surface area contributed by atoms with Crippen molar-refractivity contribution in [2.75, 3.05) is 10.6 Å². The van der Waals surface area contributed by atoms with Crippen molar-refractivity contribution in [3.8, 4) is 0 Å². The quantitative estimate of drug-likeness (QED) is 0.487. The number of carbonyl (C=O) groups excluding carboxylic acids is 1. The van der Waals surface area contributed by atoms with Crippen molar-refractivity contribution >= 4 is 45.6 Å². The number of aryl methyl sites for hydroxylation is 2. The highest BCUT2D eigenvalue weighted by Crippen LogP contribution is 2.32. The van der Waals surface area contributed by atoms with Gasteiger partial charge in [-0.3, -0.25) is 4.79 Å². The lowest BCUT2D eigenvalue weighted by Crippen LogP contribution is -2.24. The van der Waals surface area contributed by atoms with Gasteiger partial charge >= 0.3 is 0 Å². The van der Waals surface area contributed by atoms with Crippen LogP contribution in [-0.2, 0) is 11.2 Å². The predicted molar refractivity (Wildman–Crippen MR) is 120 cm³/mol. The van der Waals surface area contributed by atoms with E-state index in [2.05, 4.69) is 58.0 Å². The fourth-order valence-corrected chi connectivity index (χ4v) is 4.77. The molecule has 3 rings (SSSR count). The number of nitrogens with zero attached hydrogens (tertiary/aromatic N) is 4. The van der Waals surface area contributed by atoms with Gasteiger partial charge in [0.1, 0.15) is 5.82 Å². The first-order valence-corrected chi connectivity index (χ1v) is 11.3. The second kappa shape index (κ2) is 9.41. The fourth-order valence-electron chi connectivity index (χ4n) is 2.87. The molecule has 0 bridgehead atoms. The summed E-state index contributed by atoms with van der Waals surface area (Å²) in [7, 11) is 0. The van der Waals surface area contributed by atoms with Crippen LogP contribution in [-0.4, -0.2) is 31.1 Å². The molecule has 2 heterocycles. The molecule has 1 aromatic carbocycles. The van der Waals surface area contributed by atoms with Crippen LogP contribution in [0.2, 0.25) is 0 Å². The Morgan fingerprint density at radius 3 is 2.76 bits per heavy atom. The molecule has 0 aliphatic carbocycles. The number of para-hydroxylation sites is 1. The number of hydrogen-bond donors (Lipinski definition) is 2. The van der Waals surface area contributed by atoms with Gasteiger partial charge in [0.15, 0.2) is 4.34 Å². The topological polar surface area (TPSA) is 84.7 Å². The van der Waals surface area contributed by atoms with Gasteiger partial charge in [0.25, 0.3) is 0 Å². The van der Waals surface area contributed by atoms with Crippen molar-refractivity contribution in [1.29, 1.82) is 0 Å². The van der Waals surface area contributed by atoms with E-state index in [4.69, 9.17) is 0 Å². The molecule has 2 aromatic heterocycles. The van der Waals surface area contributed by atoms with Crippen LogP contribution in [0, 0.1) is 6.92 Å². The van der Waals surface area contributed by atoms with Crippen LogP contribution in [0.1, 0.15) is 44.9 Å². The van der Waals surface area contributed by atoms with E-state index in [-0.39, 0.29) is 17.2 Å². The number of hydrogen-bond acceptors (Lipinski definition) is 7. The number of benzene rings is 1. The van der Waals surface area contributed by atoms with Gasteiger partial charge in [0.2, 0.25) is 11.0 Å². The molecule has 1 atom stereocenters. The molecule has 0 fully saturated rings. The molecule has 0 radical (unpaired) electrons. The first-order chi connectivity index (χ1) is 13.9. The van der Waals surface area contributed by atoms with Crippen LogP contribution in [0.4, 0.5) is 16.6 Å². The van der Waals surface area contributed by atoms with Crippen LogP contribution in [0.15, 0.2) is 34.8 Å². The third-order valence-corrected chi connectivity index (χ3v) is 6.46. The highest BCUT2D eigenvalue weighted by Gasteiger charge is 2.19. The summed E-state index contributed by atoms with van der Waals surface area (Å²) in [6.07, 6.45) is 2.63. The van der Waals surface area contributed by atoms with Crippen molar-refractivity contribution in [1.82, 2.24) is 20.0 Å². The first-order valence-electron chi connectivity index (χ1n) is 9.59. The summed E-state index contributed by atoms with van der Waals surface area (Å²) in [5.41, 5.74) is 3.49. The lowest BCUT2D eigenvalue weighted by molar-refractivity contribution is -0.115. The first kappa shape index (κ1) is 21.3. The van der Waals surface area contributed by atoms with Gasteiger partial charge in [0.05, 0.1) is 11.4 Å². The number of carbonyl (C=O) groups is 1. The number of rotatable bonds is 8. The molecule has 0 saturated heterocycles. The van der Waals surface area contributed by atoms with E-state index in [1.54, 1.807) is 16.9 Å². The Balaban J connectivity index is 1.64. The Morgan fingerprint density at radius 1 is 1.24 bits per heavy atom. The van der Waals surface area contributed by atoms with Gasteiger partial charge < -0.3 is 10.6 Å². The van der Waals surface area contributed by atoms with Gasteiger partial charge in [-0.15, -0.1) is 10.2 Å². The monoisotopic (exact) mass is 430 g/mol. The molecule has 0 saturated carbocycles. The number of aromatic nitrogens is 4. The smallest absolute Gasteiger partial charge is 0.238 e. The summed E-state index contributed by atoms with van der Waals surface area (Å²) in [5, 5.41) is 19.5. The molecular formula is C20H26N6OS2. The Kier molecular flexibility index (Phi) is 6.92. The Morgan fingerprint density at radius 2 is 2.03 bits per heavy atom. The van der Waals surface area contributed by atoms with Gasteiger partial charge in [-0.1, -0.05) is 48.2 Å². The number of thioether (sulfide) groups is 1. The Labute approximate surface area is 179 Å². The predicted octanol–water partition coefficient (Wildman–Crippen LogP) is 5.05. The third kappa shape index (κ3) is 5.16. The van der Waals surface area contributed by atoms with Gasteiger partial charge in [-0.05, 0) is 45.2 Å². The lowest BCUT2D eigenvalue weighted by Gasteiger charge is -2.14. The minimum absolute atomic E-state index is 0.0886. The van der Waals surface area contributed by atoms with E-state index in [9.17, 15) is 4.79 Å². The van der Waals surface area contributed by atoms with Crippen molar-refractivity contribution in [2.24, 2.45) is 0 Å². The molecule has 154 valence electrons. The summed E-state index contributed by atoms with van der Waals surface area (Å²) >= 11 is 2.85. The molecular weight excluding hydrogens is 404 g/mol. The molecule has 3 aromatic rings. The van der Waals surface area contributed by atoms with Crippen molar-refractivity contribution in [3.63, 3.8) is 0 Å². The zero-order valence-corrected chi connectivity index (χ0v) is 18.9. The van der Waals surface area contributed by atoms with E-state index < -0.39 is 0 Å². The van der Waals surface area contributed by atoms with Crippen LogP contribution in [0.5, 0.6) is 0 Å². The summed E-state index contributed by atoms with van der Waals surface area (Å²) in [6, 6.07) is 8.23. The van der Waals surface area contributed by atoms with E-state index in [0.29, 0.717) is 5.82 Å². The van der Waals surface area contributed by atoms with Crippen LogP contribution in [0.25, 0.3) is 0 Å². The molecule has 1 amide bonds. The maximum atomic E-state index is 12.6. The third-order valence-electron chi connectivity index (χ3n) is 4.44. The van der Waals surface area contributed by atoms with E-state index in [1.165, 1.54) is 34.2 Å². The van der Waals surface area contributed by atoms with Crippen molar-refractivity contribution in [3.05, 3.63) is 41.6 Å². The molecule has 9 heteroatoms. The van der Waals surface area contributed by atoms with Crippen molar-refractivity contribution < 1.29 is 4.79 Å². The molecule has 0 aliphatic rings. The standard InChI is InChI=1S/C20H26N6OS2/c1-6-15-9-7-8-13(4)17(15)23-19-24-25-20(29-19)28-14(5)18(27)22-16-10-11-21-26(16)12(2)3/h7-12,14H,6H2,1-5H3,(H,22,27)(H,23,24). The van der Waals surface area contributed by atoms with Crippen molar-refractivity contribution in [2.45, 2.75) is 56.7 Å². The highest BCUT2D eigenvalue weighted by atomic mass is 32.2. The second-order valence-electron chi connectivity index (χ2n) is 6.96. The fraction of sp³-hybridized carbons (Fsp3) is 0.400. The molecule has 1 unspecified atom stereocenters. The molecule has 0 spiro atoms. The lowest BCUT2D eigenvalue weighted by atomic mass is 10.1. The van der Waals surface area contributed by atoms with E-state index in [0.717, 1.165) is 21.6 Å². The Bertz CT molecular complexity index is 981. The highest BCUT2D eigenvalue weighted by molar-refractivity contribution is 8.02. The summed E-state index contributed by atoms with van der Waals surface area (Å²) in [5.74, 6) is 0.609.